The van der Waals surface area contributed by atoms with Gasteiger partial charge in [-0.2, -0.15) is 5.26 Å². The van der Waals surface area contributed by atoms with E-state index in [2.05, 4.69) is 9.72 Å². The van der Waals surface area contributed by atoms with E-state index >= 15 is 0 Å². The Bertz CT molecular complexity index is 398. The number of aromatic nitrogens is 1. The van der Waals surface area contributed by atoms with Gasteiger partial charge < -0.3 is 4.74 Å². The molecule has 0 amide bonds. The summed E-state index contributed by atoms with van der Waals surface area (Å²) in [4.78, 5) is 14.5. The van der Waals surface area contributed by atoms with E-state index in [1.807, 2.05) is 0 Å². The summed E-state index contributed by atoms with van der Waals surface area (Å²) in [5.41, 5.74) is -0.332. The van der Waals surface area contributed by atoms with Crippen molar-refractivity contribution in [1.82, 2.24) is 4.98 Å². The molecule has 0 aliphatic rings. The quantitative estimate of drug-likeness (QED) is 0.665. The zero-order chi connectivity index (χ0) is 10.6. The van der Waals surface area contributed by atoms with Gasteiger partial charge in [0.2, 0.25) is 0 Å². The molecule has 0 saturated carbocycles. The average molecular weight is 194 g/mol. The Balaban J connectivity index is 2.98. The number of nitriles is 1. The Morgan fingerprint density at radius 1 is 1.79 bits per heavy atom. The van der Waals surface area contributed by atoms with Gasteiger partial charge in [0, 0.05) is 6.20 Å². The molecule has 1 aromatic rings. The van der Waals surface area contributed by atoms with Crippen molar-refractivity contribution in [2.24, 2.45) is 0 Å². The first-order valence-corrected chi connectivity index (χ1v) is 3.91. The van der Waals surface area contributed by atoms with Crippen LogP contribution in [0.1, 0.15) is 23.0 Å². The van der Waals surface area contributed by atoms with Gasteiger partial charge in [0.1, 0.15) is 6.07 Å². The molecule has 0 aromatic carbocycles. The van der Waals surface area contributed by atoms with Crippen LogP contribution >= 0.6 is 0 Å². The Kier molecular flexibility index (Phi) is 3.13. The predicted molar refractivity (Wildman–Crippen MR) is 44.9 cm³/mol. The third-order valence-corrected chi connectivity index (χ3v) is 1.46. The minimum Gasteiger partial charge on any atom is -0.462 e. The molecule has 1 aromatic heterocycles. The summed E-state index contributed by atoms with van der Waals surface area (Å²) in [5.74, 6) is -1.47. The smallest absolute Gasteiger partial charge is 0.339 e. The van der Waals surface area contributed by atoms with E-state index in [4.69, 9.17) is 5.26 Å². The van der Waals surface area contributed by atoms with E-state index in [1.54, 1.807) is 13.0 Å². The van der Waals surface area contributed by atoms with Crippen LogP contribution in [0.2, 0.25) is 0 Å². The van der Waals surface area contributed by atoms with E-state index in [-0.39, 0.29) is 17.9 Å². The number of hydrogen-bond donors (Lipinski definition) is 0. The Morgan fingerprint density at radius 3 is 3.00 bits per heavy atom. The molecule has 0 saturated heterocycles. The summed E-state index contributed by atoms with van der Waals surface area (Å²) >= 11 is 0. The number of esters is 1. The highest BCUT2D eigenvalue weighted by atomic mass is 19.1. The van der Waals surface area contributed by atoms with Gasteiger partial charge in [-0.1, -0.05) is 0 Å². The van der Waals surface area contributed by atoms with Crippen LogP contribution in [0.25, 0.3) is 0 Å². The molecule has 0 aliphatic carbocycles. The fraction of sp³-hybridized carbons (Fsp3) is 0.222. The van der Waals surface area contributed by atoms with E-state index in [1.165, 1.54) is 0 Å². The van der Waals surface area contributed by atoms with Crippen molar-refractivity contribution in [2.45, 2.75) is 6.92 Å². The number of carbonyl (C=O) groups is 1. The fourth-order valence-corrected chi connectivity index (χ4v) is 0.846. The van der Waals surface area contributed by atoms with Crippen LogP contribution in [0.3, 0.4) is 0 Å². The van der Waals surface area contributed by atoms with Crippen LogP contribution in [0.4, 0.5) is 4.39 Å². The van der Waals surface area contributed by atoms with Gasteiger partial charge >= 0.3 is 5.97 Å². The Hall–Kier alpha value is -1.96. The third-order valence-electron chi connectivity index (χ3n) is 1.46. The monoisotopic (exact) mass is 194 g/mol. The van der Waals surface area contributed by atoms with Gasteiger partial charge in [0.15, 0.2) is 11.5 Å². The normalized spacial score (nSPS) is 9.21. The molecule has 4 nitrogen and oxygen atoms in total. The topological polar surface area (TPSA) is 63.0 Å². The van der Waals surface area contributed by atoms with Crippen molar-refractivity contribution in [2.75, 3.05) is 6.61 Å². The lowest BCUT2D eigenvalue weighted by molar-refractivity contribution is 0.0525. The van der Waals surface area contributed by atoms with Crippen LogP contribution in [-0.4, -0.2) is 17.6 Å². The molecule has 14 heavy (non-hydrogen) atoms. The van der Waals surface area contributed by atoms with Crippen LogP contribution in [0, 0.1) is 17.1 Å². The zero-order valence-electron chi connectivity index (χ0n) is 7.45. The molecular formula is C9H7FN2O2. The molecule has 0 spiro atoms. The first-order chi connectivity index (χ1) is 6.69. The molecular weight excluding hydrogens is 187 g/mol. The molecule has 0 radical (unpaired) electrons. The van der Waals surface area contributed by atoms with Gasteiger partial charge in [-0.3, -0.25) is 0 Å². The van der Waals surface area contributed by atoms with Crippen molar-refractivity contribution < 1.29 is 13.9 Å². The average Bonchev–Trinajstić information content (AvgIpc) is 2.18. The van der Waals surface area contributed by atoms with Crippen molar-refractivity contribution in [3.8, 4) is 6.07 Å². The van der Waals surface area contributed by atoms with E-state index in [9.17, 15) is 9.18 Å². The zero-order valence-corrected chi connectivity index (χ0v) is 7.45. The van der Waals surface area contributed by atoms with Gasteiger partial charge in [-0.15, -0.1) is 0 Å². The molecule has 0 bridgehead atoms. The maximum absolute atomic E-state index is 13.0. The van der Waals surface area contributed by atoms with Gasteiger partial charge in [0.05, 0.1) is 12.2 Å². The lowest BCUT2D eigenvalue weighted by atomic mass is 10.2. The fourth-order valence-electron chi connectivity index (χ4n) is 0.846. The standard InChI is InChI=1S/C9H7FN2O2/c1-2-14-9(13)6-3-7(10)8(4-11)12-5-6/h3,5H,2H2,1H3. The molecule has 72 valence electrons. The summed E-state index contributed by atoms with van der Waals surface area (Å²) in [7, 11) is 0. The predicted octanol–water partition coefficient (Wildman–Crippen LogP) is 1.27. The van der Waals surface area contributed by atoms with Gasteiger partial charge in [-0.25, -0.2) is 14.2 Å². The molecule has 5 heteroatoms. The highest BCUT2D eigenvalue weighted by Gasteiger charge is 2.10. The highest BCUT2D eigenvalue weighted by molar-refractivity contribution is 5.89. The lowest BCUT2D eigenvalue weighted by Gasteiger charge is -2.00. The second-order valence-electron chi connectivity index (χ2n) is 2.39. The lowest BCUT2D eigenvalue weighted by Crippen LogP contribution is -2.06. The second-order valence-corrected chi connectivity index (χ2v) is 2.39. The number of nitrogens with zero attached hydrogens (tertiary/aromatic N) is 2. The minimum absolute atomic E-state index is 0.00310. The molecule has 0 fully saturated rings. The summed E-state index contributed by atoms with van der Waals surface area (Å²) in [5, 5.41) is 8.38. The highest BCUT2D eigenvalue weighted by Crippen LogP contribution is 2.07. The van der Waals surface area contributed by atoms with Crippen LogP contribution in [0.5, 0.6) is 0 Å². The largest absolute Gasteiger partial charge is 0.462 e. The Morgan fingerprint density at radius 2 is 2.50 bits per heavy atom. The maximum Gasteiger partial charge on any atom is 0.339 e. The van der Waals surface area contributed by atoms with Gasteiger partial charge in [-0.05, 0) is 13.0 Å². The first kappa shape index (κ1) is 10.1. The summed E-state index contributed by atoms with van der Waals surface area (Å²) < 4.78 is 17.6. The number of carbonyl (C=O) groups excluding carboxylic acids is 1. The number of hydrogen-bond acceptors (Lipinski definition) is 4. The molecule has 0 aliphatic heterocycles. The third kappa shape index (κ3) is 2.04. The molecule has 0 unspecified atom stereocenters. The van der Waals surface area contributed by atoms with Crippen molar-refractivity contribution in [3.63, 3.8) is 0 Å². The van der Waals surface area contributed by atoms with Crippen LogP contribution in [-0.2, 0) is 4.74 Å². The maximum atomic E-state index is 13.0. The molecule has 0 N–H and O–H groups in total. The number of rotatable bonds is 2. The van der Waals surface area contributed by atoms with E-state index in [0.29, 0.717) is 0 Å². The van der Waals surface area contributed by atoms with Crippen LogP contribution in [0.15, 0.2) is 12.3 Å². The Labute approximate surface area is 79.9 Å². The molecule has 1 rings (SSSR count). The number of halogens is 1. The van der Waals surface area contributed by atoms with Crippen molar-refractivity contribution in [3.05, 3.63) is 29.3 Å². The van der Waals surface area contributed by atoms with E-state index < -0.39 is 11.8 Å². The summed E-state index contributed by atoms with van der Waals surface area (Å²) in [6.45, 7) is 1.85. The molecule has 1 heterocycles. The van der Waals surface area contributed by atoms with Crippen molar-refractivity contribution in [1.29, 1.82) is 5.26 Å². The minimum atomic E-state index is -0.821. The van der Waals surface area contributed by atoms with Crippen molar-refractivity contribution >= 4 is 5.97 Å². The summed E-state index contributed by atoms with van der Waals surface area (Å²) in [6, 6.07) is 2.49. The van der Waals surface area contributed by atoms with Gasteiger partial charge in [0.25, 0.3) is 0 Å². The number of pyridine rings is 1. The second kappa shape index (κ2) is 4.33. The van der Waals surface area contributed by atoms with Crippen LogP contribution < -0.4 is 0 Å². The number of ether oxygens (including phenoxy) is 1. The summed E-state index contributed by atoms with van der Waals surface area (Å²) in [6.07, 6.45) is 1.11. The first-order valence-electron chi connectivity index (χ1n) is 3.91. The SMILES string of the molecule is CCOC(=O)c1cnc(C#N)c(F)c1. The molecule has 0 atom stereocenters. The van der Waals surface area contributed by atoms with E-state index in [0.717, 1.165) is 12.3 Å².